The number of ether oxygens (including phenoxy) is 1. The molecule has 0 aromatic rings. The number of rotatable bonds is 2. The maximum Gasteiger partial charge on any atom is 1.00 e. The van der Waals surface area contributed by atoms with E-state index in [-0.39, 0.29) is 18.9 Å². The van der Waals surface area contributed by atoms with Crippen LogP contribution in [0.1, 0.15) is 0 Å². The standard InChI is InChI=1S/C3HF7O4S.Li/c4-1(5,6)2(7,15(11,12)13)14-3(8,9)10;/h(H,11,12,13);/q;+1/p-1. The summed E-state index contributed by atoms with van der Waals surface area (Å²) in [5.41, 5.74) is 0. The van der Waals surface area contributed by atoms with Gasteiger partial charge in [0.1, 0.15) is 0 Å². The first kappa shape index (κ1) is 18.3. The van der Waals surface area contributed by atoms with Gasteiger partial charge in [-0.15, -0.1) is 13.2 Å². The van der Waals surface area contributed by atoms with Crippen LogP contribution >= 0.6 is 0 Å². The first-order valence-corrected chi connectivity index (χ1v) is 4.09. The van der Waals surface area contributed by atoms with Gasteiger partial charge in [-0.25, -0.2) is 13.2 Å². The predicted molar refractivity (Wildman–Crippen MR) is 26.7 cm³/mol. The zero-order chi connectivity index (χ0) is 12.7. The summed E-state index contributed by atoms with van der Waals surface area (Å²) in [7, 11) is -7.04. The molecule has 0 radical (unpaired) electrons. The molecule has 0 spiro atoms. The van der Waals surface area contributed by atoms with Crippen molar-refractivity contribution < 1.29 is 67.3 Å². The fourth-order valence-electron chi connectivity index (χ4n) is 0.399. The van der Waals surface area contributed by atoms with Gasteiger partial charge in [-0.1, -0.05) is 0 Å². The summed E-state index contributed by atoms with van der Waals surface area (Å²) in [6.45, 7) is 0. The average Bonchev–Trinajstić information content (AvgIpc) is 1.77. The molecule has 0 heterocycles. The Morgan fingerprint density at radius 3 is 1.31 bits per heavy atom. The van der Waals surface area contributed by atoms with Crippen molar-refractivity contribution in [3.63, 3.8) is 0 Å². The van der Waals surface area contributed by atoms with Gasteiger partial charge in [0, 0.05) is 0 Å². The third-order valence-electron chi connectivity index (χ3n) is 0.907. The van der Waals surface area contributed by atoms with Crippen molar-refractivity contribution in [3.05, 3.63) is 0 Å². The molecule has 92 valence electrons. The van der Waals surface area contributed by atoms with E-state index in [0.29, 0.717) is 0 Å². The van der Waals surface area contributed by atoms with Crippen molar-refractivity contribution in [3.8, 4) is 0 Å². The van der Waals surface area contributed by atoms with Gasteiger partial charge >= 0.3 is 36.6 Å². The van der Waals surface area contributed by atoms with Crippen LogP contribution in [0.15, 0.2) is 0 Å². The first-order valence-electron chi connectivity index (χ1n) is 2.69. The van der Waals surface area contributed by atoms with Crippen LogP contribution in [-0.2, 0) is 14.9 Å². The van der Waals surface area contributed by atoms with Gasteiger partial charge in [-0.3, -0.25) is 0 Å². The fourth-order valence-corrected chi connectivity index (χ4v) is 0.880. The monoisotopic (exact) mass is 272 g/mol. The Balaban J connectivity index is 0. The van der Waals surface area contributed by atoms with E-state index in [1.165, 1.54) is 0 Å². The largest absolute Gasteiger partial charge is 1.00 e. The molecule has 0 aliphatic rings. The molecule has 0 bridgehead atoms. The van der Waals surface area contributed by atoms with Crippen LogP contribution in [0.5, 0.6) is 0 Å². The number of alkyl halides is 7. The van der Waals surface area contributed by atoms with E-state index in [9.17, 15) is 43.7 Å². The Hall–Kier alpha value is -0.0226. The van der Waals surface area contributed by atoms with Crippen LogP contribution in [-0.4, -0.2) is 30.7 Å². The Labute approximate surface area is 95.7 Å². The Bertz CT molecular complexity index is 333. The molecule has 0 saturated carbocycles. The third kappa shape index (κ3) is 4.09. The smallest absolute Gasteiger partial charge is 0.743 e. The minimum Gasteiger partial charge on any atom is -0.743 e. The van der Waals surface area contributed by atoms with Crippen LogP contribution in [0, 0.1) is 0 Å². The van der Waals surface area contributed by atoms with Gasteiger partial charge in [0.2, 0.25) is 0 Å². The van der Waals surface area contributed by atoms with E-state index in [2.05, 4.69) is 0 Å². The van der Waals surface area contributed by atoms with Crippen LogP contribution in [0.25, 0.3) is 0 Å². The van der Waals surface area contributed by atoms with Crippen molar-refractivity contribution in [1.82, 2.24) is 0 Å². The second-order valence-corrected chi connectivity index (χ2v) is 3.47. The van der Waals surface area contributed by atoms with Gasteiger partial charge in [0.25, 0.3) is 0 Å². The van der Waals surface area contributed by atoms with Crippen molar-refractivity contribution in [2.24, 2.45) is 0 Å². The molecule has 4 nitrogen and oxygen atoms in total. The molecule has 13 heteroatoms. The fraction of sp³-hybridized carbons (Fsp3) is 1.00. The van der Waals surface area contributed by atoms with E-state index in [0.717, 1.165) is 0 Å². The second kappa shape index (κ2) is 4.69. The number of hydrogen-bond acceptors (Lipinski definition) is 4. The second-order valence-electron chi connectivity index (χ2n) is 2.04. The first-order chi connectivity index (χ1) is 6.21. The van der Waals surface area contributed by atoms with E-state index < -0.39 is 27.8 Å². The minimum atomic E-state index is -7.04. The molecular weight excluding hydrogens is 272 g/mol. The van der Waals surface area contributed by atoms with E-state index in [1.54, 1.807) is 4.74 Å². The Morgan fingerprint density at radius 2 is 1.25 bits per heavy atom. The summed E-state index contributed by atoms with van der Waals surface area (Å²) in [4.78, 5) is 0. The molecule has 0 fully saturated rings. The summed E-state index contributed by atoms with van der Waals surface area (Å²) >= 11 is 0. The van der Waals surface area contributed by atoms with Gasteiger partial charge < -0.3 is 4.55 Å². The maximum absolute atomic E-state index is 12.3. The maximum atomic E-state index is 12.3. The summed E-state index contributed by atoms with van der Waals surface area (Å²) in [6, 6.07) is 0. The van der Waals surface area contributed by atoms with Crippen LogP contribution < -0.4 is 18.9 Å². The average molecular weight is 272 g/mol. The minimum absolute atomic E-state index is 0. The zero-order valence-electron chi connectivity index (χ0n) is 7.19. The van der Waals surface area contributed by atoms with Crippen LogP contribution in [0.3, 0.4) is 0 Å². The molecule has 1 atom stereocenters. The van der Waals surface area contributed by atoms with E-state index >= 15 is 0 Å². The van der Waals surface area contributed by atoms with Crippen molar-refractivity contribution >= 4 is 10.1 Å². The molecule has 0 saturated heterocycles. The molecule has 16 heavy (non-hydrogen) atoms. The molecule has 0 N–H and O–H groups in total. The molecule has 0 aliphatic heterocycles. The van der Waals surface area contributed by atoms with Crippen LogP contribution in [0.2, 0.25) is 0 Å². The molecule has 0 aromatic carbocycles. The summed E-state index contributed by atoms with van der Waals surface area (Å²) in [6.07, 6.45) is -12.9. The van der Waals surface area contributed by atoms with Gasteiger partial charge in [0.15, 0.2) is 10.1 Å². The Kier molecular flexibility index (Phi) is 5.38. The molecule has 1 unspecified atom stereocenters. The normalized spacial score (nSPS) is 17.5. The summed E-state index contributed by atoms with van der Waals surface area (Å²) in [5.74, 6) is 0. The van der Waals surface area contributed by atoms with Gasteiger partial charge in [-0.05, 0) is 0 Å². The molecule has 0 amide bonds. The van der Waals surface area contributed by atoms with Crippen molar-refractivity contribution in [2.75, 3.05) is 0 Å². The molecule has 0 rings (SSSR count). The molecular formula is C3F7LiO4S. The van der Waals surface area contributed by atoms with Crippen molar-refractivity contribution in [2.45, 2.75) is 17.7 Å². The number of halogens is 7. The molecule has 0 aliphatic carbocycles. The van der Waals surface area contributed by atoms with E-state index in [1.807, 2.05) is 0 Å². The van der Waals surface area contributed by atoms with Crippen molar-refractivity contribution in [1.29, 1.82) is 0 Å². The summed E-state index contributed by atoms with van der Waals surface area (Å²) in [5, 5.41) is -6.35. The zero-order valence-corrected chi connectivity index (χ0v) is 8.00. The Morgan fingerprint density at radius 1 is 0.938 bits per heavy atom. The van der Waals surface area contributed by atoms with E-state index in [4.69, 9.17) is 0 Å². The third-order valence-corrected chi connectivity index (χ3v) is 1.87. The topological polar surface area (TPSA) is 66.4 Å². The molecule has 0 aromatic heterocycles. The quantitative estimate of drug-likeness (QED) is 0.340. The van der Waals surface area contributed by atoms with Gasteiger partial charge in [-0.2, -0.15) is 17.6 Å². The SMILES string of the molecule is O=S(=O)([O-])C(F)(OC(F)(F)F)C(F)(F)F.[Li+]. The summed E-state index contributed by atoms with van der Waals surface area (Å²) < 4.78 is 111. The predicted octanol–water partition coefficient (Wildman–Crippen LogP) is -1.74. The number of hydrogen-bond donors (Lipinski definition) is 0. The van der Waals surface area contributed by atoms with Crippen LogP contribution in [0.4, 0.5) is 30.7 Å². The van der Waals surface area contributed by atoms with Gasteiger partial charge in [0.05, 0.1) is 0 Å².